The van der Waals surface area contributed by atoms with Gasteiger partial charge in [-0.05, 0) is 25.8 Å². The summed E-state index contributed by atoms with van der Waals surface area (Å²) in [5, 5.41) is 9.13. The zero-order valence-electron chi connectivity index (χ0n) is 9.24. The van der Waals surface area contributed by atoms with Crippen LogP contribution in [0.1, 0.15) is 19.3 Å². The molecule has 0 amide bonds. The van der Waals surface area contributed by atoms with Crippen molar-refractivity contribution in [2.75, 3.05) is 33.4 Å². The monoisotopic (exact) mass is 213 g/mol. The molecule has 0 unspecified atom stereocenters. The highest BCUT2D eigenvalue weighted by atomic mass is 16.5. The molecule has 2 rings (SSSR count). The van der Waals surface area contributed by atoms with Crippen molar-refractivity contribution in [3.63, 3.8) is 0 Å². The normalized spacial score (nSPS) is 24.7. The van der Waals surface area contributed by atoms with Crippen LogP contribution in [-0.4, -0.2) is 49.3 Å². The van der Waals surface area contributed by atoms with Gasteiger partial charge in [-0.15, -0.1) is 0 Å². The lowest BCUT2D eigenvalue weighted by Gasteiger charge is -2.41. The molecule has 1 aliphatic heterocycles. The van der Waals surface area contributed by atoms with Gasteiger partial charge < -0.3 is 14.7 Å². The highest BCUT2D eigenvalue weighted by Crippen LogP contribution is 2.31. The molecule has 0 aromatic rings. The third-order valence-corrected chi connectivity index (χ3v) is 3.58. The molecule has 0 bridgehead atoms. The smallest absolute Gasteiger partial charge is 0.315 e. The summed E-state index contributed by atoms with van der Waals surface area (Å²) in [5.74, 6) is 0.0797. The molecule has 1 saturated heterocycles. The molecule has 4 nitrogen and oxygen atoms in total. The summed E-state index contributed by atoms with van der Waals surface area (Å²) in [6.07, 6.45) is 3.95. The SMILES string of the molecule is CN(CC1CCC1)CC1(C(=O)O)COC1. The number of hydrogen-bond donors (Lipinski definition) is 1. The molecule has 2 aliphatic rings. The van der Waals surface area contributed by atoms with Gasteiger partial charge in [-0.25, -0.2) is 0 Å². The van der Waals surface area contributed by atoms with Crippen molar-refractivity contribution in [1.29, 1.82) is 0 Å². The fourth-order valence-electron chi connectivity index (χ4n) is 2.33. The molecule has 2 fully saturated rings. The lowest BCUT2D eigenvalue weighted by Crippen LogP contribution is -2.55. The second-order valence-corrected chi connectivity index (χ2v) is 5.07. The van der Waals surface area contributed by atoms with Crippen LogP contribution in [0.25, 0.3) is 0 Å². The van der Waals surface area contributed by atoms with E-state index in [2.05, 4.69) is 4.90 Å². The molecular formula is C11H19NO3. The summed E-state index contributed by atoms with van der Waals surface area (Å²) >= 11 is 0. The van der Waals surface area contributed by atoms with Gasteiger partial charge in [0.2, 0.25) is 0 Å². The van der Waals surface area contributed by atoms with Gasteiger partial charge in [0.15, 0.2) is 0 Å². The Hall–Kier alpha value is -0.610. The van der Waals surface area contributed by atoms with E-state index in [9.17, 15) is 4.79 Å². The van der Waals surface area contributed by atoms with E-state index >= 15 is 0 Å². The topological polar surface area (TPSA) is 49.8 Å². The third kappa shape index (κ3) is 2.16. The number of carboxylic acids is 1. The summed E-state index contributed by atoms with van der Waals surface area (Å²) in [6.45, 7) is 2.41. The predicted molar refractivity (Wildman–Crippen MR) is 55.7 cm³/mol. The maximum absolute atomic E-state index is 11.1. The van der Waals surface area contributed by atoms with Crippen molar-refractivity contribution in [3.8, 4) is 0 Å². The average molecular weight is 213 g/mol. The van der Waals surface area contributed by atoms with Crippen LogP contribution in [0.5, 0.6) is 0 Å². The van der Waals surface area contributed by atoms with E-state index in [-0.39, 0.29) is 0 Å². The molecule has 1 aliphatic carbocycles. The van der Waals surface area contributed by atoms with Crippen LogP contribution in [0, 0.1) is 11.3 Å². The maximum atomic E-state index is 11.1. The first-order chi connectivity index (χ1) is 7.12. The zero-order valence-corrected chi connectivity index (χ0v) is 9.24. The molecule has 0 spiro atoms. The Morgan fingerprint density at radius 1 is 1.53 bits per heavy atom. The van der Waals surface area contributed by atoms with Gasteiger partial charge >= 0.3 is 5.97 Å². The van der Waals surface area contributed by atoms with Gasteiger partial charge in [0.05, 0.1) is 13.2 Å². The molecule has 1 saturated carbocycles. The highest BCUT2D eigenvalue weighted by molar-refractivity contribution is 5.76. The Morgan fingerprint density at radius 2 is 2.20 bits per heavy atom. The van der Waals surface area contributed by atoms with Crippen molar-refractivity contribution >= 4 is 5.97 Å². The van der Waals surface area contributed by atoms with E-state index in [1.807, 2.05) is 7.05 Å². The summed E-state index contributed by atoms with van der Waals surface area (Å²) < 4.78 is 5.04. The summed E-state index contributed by atoms with van der Waals surface area (Å²) in [5.41, 5.74) is -0.626. The van der Waals surface area contributed by atoms with E-state index in [4.69, 9.17) is 9.84 Å². The van der Waals surface area contributed by atoms with Crippen LogP contribution in [0.15, 0.2) is 0 Å². The molecule has 0 aromatic heterocycles. The second-order valence-electron chi connectivity index (χ2n) is 5.07. The lowest BCUT2D eigenvalue weighted by molar-refractivity contribution is -0.183. The number of aliphatic carboxylic acids is 1. The minimum absolute atomic E-state index is 0.372. The molecule has 1 N–H and O–H groups in total. The van der Waals surface area contributed by atoms with Crippen LogP contribution in [0.3, 0.4) is 0 Å². The fourth-order valence-corrected chi connectivity index (χ4v) is 2.33. The average Bonchev–Trinajstić information content (AvgIpc) is 2.03. The van der Waals surface area contributed by atoms with Gasteiger partial charge in [-0.2, -0.15) is 0 Å². The van der Waals surface area contributed by atoms with E-state index in [1.165, 1.54) is 19.3 Å². The van der Waals surface area contributed by atoms with Crippen LogP contribution >= 0.6 is 0 Å². The number of rotatable bonds is 5. The van der Waals surface area contributed by atoms with Crippen LogP contribution in [-0.2, 0) is 9.53 Å². The van der Waals surface area contributed by atoms with E-state index in [0.29, 0.717) is 19.8 Å². The molecule has 86 valence electrons. The summed E-state index contributed by atoms with van der Waals surface area (Å²) in [4.78, 5) is 13.3. The van der Waals surface area contributed by atoms with Gasteiger partial charge in [-0.3, -0.25) is 4.79 Å². The van der Waals surface area contributed by atoms with Gasteiger partial charge in [-0.1, -0.05) is 6.42 Å². The third-order valence-electron chi connectivity index (χ3n) is 3.58. The van der Waals surface area contributed by atoms with Crippen molar-refractivity contribution in [1.82, 2.24) is 4.90 Å². The summed E-state index contributed by atoms with van der Waals surface area (Å²) in [7, 11) is 2.02. The summed E-state index contributed by atoms with van der Waals surface area (Å²) in [6, 6.07) is 0. The second kappa shape index (κ2) is 4.10. The zero-order chi connectivity index (χ0) is 10.9. The quantitative estimate of drug-likeness (QED) is 0.734. The van der Waals surface area contributed by atoms with Crippen molar-refractivity contribution in [2.24, 2.45) is 11.3 Å². The predicted octanol–water partition coefficient (Wildman–Crippen LogP) is 0.820. The van der Waals surface area contributed by atoms with Crippen LogP contribution in [0.4, 0.5) is 0 Å². The molecule has 0 radical (unpaired) electrons. The van der Waals surface area contributed by atoms with Crippen molar-refractivity contribution < 1.29 is 14.6 Å². The van der Waals surface area contributed by atoms with E-state index in [1.54, 1.807) is 0 Å². The van der Waals surface area contributed by atoms with Gasteiger partial charge in [0.25, 0.3) is 0 Å². The maximum Gasteiger partial charge on any atom is 0.315 e. The standard InChI is InChI=1S/C11H19NO3/c1-12(5-9-3-2-4-9)6-11(10(13)14)7-15-8-11/h9H,2-8H2,1H3,(H,13,14). The van der Waals surface area contributed by atoms with Crippen molar-refractivity contribution in [3.05, 3.63) is 0 Å². The molecule has 15 heavy (non-hydrogen) atoms. The van der Waals surface area contributed by atoms with Crippen molar-refractivity contribution in [2.45, 2.75) is 19.3 Å². The fraction of sp³-hybridized carbons (Fsp3) is 0.909. The number of nitrogens with zero attached hydrogens (tertiary/aromatic N) is 1. The molecule has 0 aromatic carbocycles. The van der Waals surface area contributed by atoms with Crippen LogP contribution in [0.2, 0.25) is 0 Å². The number of ether oxygens (including phenoxy) is 1. The number of hydrogen-bond acceptors (Lipinski definition) is 3. The van der Waals surface area contributed by atoms with E-state index in [0.717, 1.165) is 12.5 Å². The first-order valence-electron chi connectivity index (χ1n) is 5.62. The molecular weight excluding hydrogens is 194 g/mol. The minimum atomic E-state index is -0.714. The Morgan fingerprint density at radius 3 is 2.53 bits per heavy atom. The highest BCUT2D eigenvalue weighted by Gasteiger charge is 2.47. The van der Waals surface area contributed by atoms with E-state index < -0.39 is 11.4 Å². The van der Waals surface area contributed by atoms with Crippen LogP contribution < -0.4 is 0 Å². The largest absolute Gasteiger partial charge is 0.481 e. The molecule has 4 heteroatoms. The molecule has 1 heterocycles. The first kappa shape index (κ1) is 10.9. The Bertz CT molecular complexity index is 246. The minimum Gasteiger partial charge on any atom is -0.481 e. The Kier molecular flexibility index (Phi) is 2.98. The lowest BCUT2D eigenvalue weighted by atomic mass is 9.83. The first-order valence-corrected chi connectivity index (χ1v) is 5.62. The number of carbonyl (C=O) groups is 1. The number of carboxylic acid groups (broad SMARTS) is 1. The molecule has 0 atom stereocenters. The Balaban J connectivity index is 1.80. The Labute approximate surface area is 90.2 Å². The van der Waals surface area contributed by atoms with Gasteiger partial charge in [0.1, 0.15) is 5.41 Å². The van der Waals surface area contributed by atoms with Gasteiger partial charge in [0, 0.05) is 13.1 Å².